The second-order valence-corrected chi connectivity index (χ2v) is 9.26. The Morgan fingerprint density at radius 1 is 0.718 bits per heavy atom. The summed E-state index contributed by atoms with van der Waals surface area (Å²) in [4.78, 5) is 4.29. The van der Waals surface area contributed by atoms with E-state index >= 15 is 0 Å². The standard InChI is InChI=1S/C28H19ClF8N2/c29-21-7-9-25(38-16-21)26(14-17-4-2-1-3-5-17,19-11-20(27(32,33)34)13-22(30)12-19)39-15-18-6-8-24(31)23(10-18)28(35,36)37/h1-13,16,39H,14-15H2. The fraction of sp³-hybridized carbons (Fsp3) is 0.179. The summed E-state index contributed by atoms with van der Waals surface area (Å²) in [7, 11) is 0. The lowest BCUT2D eigenvalue weighted by Gasteiger charge is -2.36. The highest BCUT2D eigenvalue weighted by atomic mass is 35.5. The summed E-state index contributed by atoms with van der Waals surface area (Å²) in [5.41, 5.74) is -3.88. The minimum atomic E-state index is -4.97. The number of alkyl halides is 6. The van der Waals surface area contributed by atoms with E-state index in [9.17, 15) is 35.1 Å². The average Bonchev–Trinajstić information content (AvgIpc) is 2.87. The van der Waals surface area contributed by atoms with Crippen molar-refractivity contribution in [3.63, 3.8) is 0 Å². The van der Waals surface area contributed by atoms with E-state index in [4.69, 9.17) is 11.6 Å². The van der Waals surface area contributed by atoms with Crippen molar-refractivity contribution in [2.45, 2.75) is 30.9 Å². The highest BCUT2D eigenvalue weighted by molar-refractivity contribution is 6.30. The minimum absolute atomic E-state index is 0.0115. The maximum Gasteiger partial charge on any atom is 0.419 e. The second kappa shape index (κ2) is 10.9. The van der Waals surface area contributed by atoms with E-state index in [1.807, 2.05) is 0 Å². The van der Waals surface area contributed by atoms with E-state index in [2.05, 4.69) is 10.3 Å². The van der Waals surface area contributed by atoms with Crippen LogP contribution in [0.25, 0.3) is 0 Å². The molecule has 2 nitrogen and oxygen atoms in total. The smallest absolute Gasteiger partial charge is 0.298 e. The van der Waals surface area contributed by atoms with Gasteiger partial charge >= 0.3 is 12.4 Å². The second-order valence-electron chi connectivity index (χ2n) is 8.82. The topological polar surface area (TPSA) is 24.9 Å². The Balaban J connectivity index is 1.92. The van der Waals surface area contributed by atoms with Gasteiger partial charge < -0.3 is 0 Å². The van der Waals surface area contributed by atoms with Crippen LogP contribution < -0.4 is 5.32 Å². The Kier molecular flexibility index (Phi) is 7.99. The highest BCUT2D eigenvalue weighted by Crippen LogP contribution is 2.38. The normalized spacial score (nSPS) is 13.8. The molecule has 0 saturated carbocycles. The van der Waals surface area contributed by atoms with Crippen molar-refractivity contribution in [3.05, 3.63) is 135 Å². The zero-order valence-corrected chi connectivity index (χ0v) is 20.6. The van der Waals surface area contributed by atoms with Gasteiger partial charge in [-0.2, -0.15) is 26.3 Å². The highest BCUT2D eigenvalue weighted by Gasteiger charge is 2.40. The third kappa shape index (κ3) is 6.57. The average molecular weight is 571 g/mol. The Bertz CT molecular complexity index is 1440. The van der Waals surface area contributed by atoms with E-state index in [0.717, 1.165) is 18.2 Å². The molecule has 0 amide bonds. The summed E-state index contributed by atoms with van der Waals surface area (Å²) in [6.07, 6.45) is -8.68. The molecule has 204 valence electrons. The molecule has 11 heteroatoms. The number of hydrogen-bond acceptors (Lipinski definition) is 2. The molecule has 0 aliphatic carbocycles. The Morgan fingerprint density at radius 2 is 1.41 bits per heavy atom. The van der Waals surface area contributed by atoms with Gasteiger partial charge in [-0.15, -0.1) is 0 Å². The van der Waals surface area contributed by atoms with Crippen molar-refractivity contribution in [2.24, 2.45) is 0 Å². The van der Waals surface area contributed by atoms with Crippen molar-refractivity contribution in [1.82, 2.24) is 10.3 Å². The van der Waals surface area contributed by atoms with Gasteiger partial charge in [-0.25, -0.2) is 8.78 Å². The quantitative estimate of drug-likeness (QED) is 0.226. The first-order chi connectivity index (χ1) is 18.3. The van der Waals surface area contributed by atoms with Gasteiger partial charge in [0, 0.05) is 19.2 Å². The number of nitrogens with zero attached hydrogens (tertiary/aromatic N) is 1. The Hall–Kier alpha value is -3.50. The molecule has 1 heterocycles. The molecular formula is C28H19ClF8N2. The molecule has 1 aromatic heterocycles. The molecule has 0 radical (unpaired) electrons. The zero-order chi connectivity index (χ0) is 28.4. The van der Waals surface area contributed by atoms with Crippen molar-refractivity contribution >= 4 is 11.6 Å². The van der Waals surface area contributed by atoms with E-state index in [1.165, 1.54) is 18.3 Å². The first-order valence-corrected chi connectivity index (χ1v) is 11.8. The summed E-state index contributed by atoms with van der Waals surface area (Å²) >= 11 is 5.99. The lowest BCUT2D eigenvalue weighted by atomic mass is 9.79. The van der Waals surface area contributed by atoms with Crippen molar-refractivity contribution < 1.29 is 35.1 Å². The lowest BCUT2D eigenvalue weighted by molar-refractivity contribution is -0.140. The van der Waals surface area contributed by atoms with Gasteiger partial charge in [0.2, 0.25) is 0 Å². The summed E-state index contributed by atoms with van der Waals surface area (Å²) in [6, 6.07) is 15.8. The molecule has 1 N–H and O–H groups in total. The molecule has 4 aromatic rings. The number of rotatable bonds is 7. The van der Waals surface area contributed by atoms with Crippen LogP contribution in [0.1, 0.15) is 33.5 Å². The predicted octanol–water partition coefficient (Wildman–Crippen LogP) is 8.33. The van der Waals surface area contributed by atoms with Gasteiger partial charge in [0.05, 0.1) is 27.4 Å². The number of pyridine rings is 1. The molecule has 1 atom stereocenters. The summed E-state index contributed by atoms with van der Waals surface area (Å²) in [5.74, 6) is -2.64. The molecular weight excluding hydrogens is 552 g/mol. The lowest BCUT2D eigenvalue weighted by Crippen LogP contribution is -2.46. The maximum atomic E-state index is 14.7. The predicted molar refractivity (Wildman–Crippen MR) is 130 cm³/mol. The first-order valence-electron chi connectivity index (χ1n) is 11.4. The monoisotopic (exact) mass is 570 g/mol. The van der Waals surface area contributed by atoms with Crippen LogP contribution in [0.2, 0.25) is 5.02 Å². The Labute approximate surface area is 223 Å². The Morgan fingerprint density at radius 3 is 2.03 bits per heavy atom. The van der Waals surface area contributed by atoms with Crippen LogP contribution in [0.3, 0.4) is 0 Å². The van der Waals surface area contributed by atoms with E-state index in [1.54, 1.807) is 30.3 Å². The molecule has 1 unspecified atom stereocenters. The van der Waals surface area contributed by atoms with Crippen LogP contribution >= 0.6 is 11.6 Å². The van der Waals surface area contributed by atoms with Gasteiger partial charge in [-0.3, -0.25) is 10.3 Å². The van der Waals surface area contributed by atoms with Crippen LogP contribution in [0.4, 0.5) is 35.1 Å². The molecule has 0 aliphatic rings. The minimum Gasteiger partial charge on any atom is -0.298 e. The molecule has 0 fully saturated rings. The number of nitrogens with one attached hydrogen (secondary N) is 1. The van der Waals surface area contributed by atoms with Crippen LogP contribution in [0.5, 0.6) is 0 Å². The van der Waals surface area contributed by atoms with Crippen LogP contribution in [0.15, 0.2) is 85.1 Å². The fourth-order valence-electron chi connectivity index (χ4n) is 4.28. The van der Waals surface area contributed by atoms with Crippen molar-refractivity contribution in [1.29, 1.82) is 0 Å². The van der Waals surface area contributed by atoms with Crippen molar-refractivity contribution in [2.75, 3.05) is 0 Å². The third-order valence-corrected chi connectivity index (χ3v) is 6.35. The molecule has 4 rings (SSSR count). The summed E-state index contributed by atoms with van der Waals surface area (Å²) < 4.78 is 110. The SMILES string of the molecule is Fc1cc(C(F)(F)F)cc(C(Cc2ccccc2)(NCc2ccc(F)c(C(F)(F)F)c2)c2ccc(Cl)cn2)c1. The van der Waals surface area contributed by atoms with Gasteiger partial charge in [-0.05, 0) is 59.2 Å². The summed E-state index contributed by atoms with van der Waals surface area (Å²) in [5, 5.41) is 3.24. The molecule has 3 aromatic carbocycles. The van der Waals surface area contributed by atoms with Gasteiger partial charge in [-0.1, -0.05) is 48.0 Å². The number of halogens is 9. The maximum absolute atomic E-state index is 14.7. The molecule has 0 aliphatic heterocycles. The largest absolute Gasteiger partial charge is 0.419 e. The molecule has 0 spiro atoms. The summed E-state index contributed by atoms with van der Waals surface area (Å²) in [6.45, 7) is -0.363. The van der Waals surface area contributed by atoms with Crippen LogP contribution in [-0.4, -0.2) is 4.98 Å². The first kappa shape index (κ1) is 28.5. The van der Waals surface area contributed by atoms with Gasteiger partial charge in [0.15, 0.2) is 0 Å². The molecule has 39 heavy (non-hydrogen) atoms. The van der Waals surface area contributed by atoms with E-state index < -0.39 is 40.7 Å². The van der Waals surface area contributed by atoms with Gasteiger partial charge in [0.1, 0.15) is 11.6 Å². The van der Waals surface area contributed by atoms with Gasteiger partial charge in [0.25, 0.3) is 0 Å². The molecule has 0 bridgehead atoms. The van der Waals surface area contributed by atoms with Crippen molar-refractivity contribution in [3.8, 4) is 0 Å². The third-order valence-electron chi connectivity index (χ3n) is 6.13. The van der Waals surface area contributed by atoms with Crippen LogP contribution in [-0.2, 0) is 30.9 Å². The van der Waals surface area contributed by atoms with E-state index in [0.29, 0.717) is 23.8 Å². The van der Waals surface area contributed by atoms with E-state index in [-0.39, 0.29) is 34.8 Å². The zero-order valence-electron chi connectivity index (χ0n) is 19.8. The number of hydrogen-bond donors (Lipinski definition) is 1. The van der Waals surface area contributed by atoms with Crippen LogP contribution in [0, 0.1) is 11.6 Å². The fourth-order valence-corrected chi connectivity index (χ4v) is 4.39. The molecule has 0 saturated heterocycles. The number of benzene rings is 3. The number of aromatic nitrogens is 1.